The molecule has 1 aromatic heterocycles. The molecule has 1 aliphatic rings. The number of pyridine rings is 1. The van der Waals surface area contributed by atoms with E-state index in [-0.39, 0.29) is 34.2 Å². The maximum atomic E-state index is 13.1. The molecule has 0 saturated carbocycles. The summed E-state index contributed by atoms with van der Waals surface area (Å²) in [6, 6.07) is 15.2. The maximum Gasteiger partial charge on any atom is 0.253 e. The summed E-state index contributed by atoms with van der Waals surface area (Å²) in [6.07, 6.45) is 4.37. The summed E-state index contributed by atoms with van der Waals surface area (Å²) >= 11 is 12.3. The number of hydrogen-bond donors (Lipinski definition) is 2. The number of aromatic nitrogens is 1. The predicted molar refractivity (Wildman–Crippen MR) is 144 cm³/mol. The number of carbonyl (C=O) groups is 2. The van der Waals surface area contributed by atoms with E-state index in [0.717, 1.165) is 5.56 Å². The van der Waals surface area contributed by atoms with E-state index in [1.807, 2.05) is 6.07 Å². The summed E-state index contributed by atoms with van der Waals surface area (Å²) < 4.78 is 27.6. The Morgan fingerprint density at radius 3 is 2.51 bits per heavy atom. The lowest BCUT2D eigenvalue weighted by Crippen LogP contribution is -2.44. The number of nitrogens with one attached hydrogen (secondary N) is 2. The number of sulfonamides is 1. The molecule has 194 valence electrons. The number of amides is 2. The van der Waals surface area contributed by atoms with Crippen molar-refractivity contribution in [2.24, 2.45) is 5.92 Å². The third kappa shape index (κ3) is 6.87. The van der Waals surface area contributed by atoms with Crippen LogP contribution in [0.2, 0.25) is 10.0 Å². The fourth-order valence-corrected chi connectivity index (χ4v) is 6.52. The zero-order chi connectivity index (χ0) is 26.4. The quantitative estimate of drug-likeness (QED) is 0.421. The van der Waals surface area contributed by atoms with Crippen molar-refractivity contribution in [2.75, 3.05) is 18.4 Å². The molecule has 4 rings (SSSR count). The summed E-state index contributed by atoms with van der Waals surface area (Å²) in [5.74, 6) is -1.61. The molecule has 37 heavy (non-hydrogen) atoms. The predicted octanol–water partition coefficient (Wildman–Crippen LogP) is 4.50. The minimum absolute atomic E-state index is 0.0333. The highest BCUT2D eigenvalue weighted by atomic mass is 35.5. The molecule has 3 aromatic rings. The Kier molecular flexibility index (Phi) is 8.81. The van der Waals surface area contributed by atoms with E-state index in [0.29, 0.717) is 42.7 Å². The normalized spacial score (nSPS) is 16.2. The zero-order valence-electron chi connectivity index (χ0n) is 19.9. The Hall–Kier alpha value is -2.98. The summed E-state index contributed by atoms with van der Waals surface area (Å²) in [5.41, 5.74) is 1.86. The smallest absolute Gasteiger partial charge is 0.253 e. The van der Waals surface area contributed by atoms with Gasteiger partial charge in [-0.1, -0.05) is 47.5 Å². The number of nitrogens with zero attached hydrogens (tertiary/aromatic N) is 2. The molecule has 1 saturated heterocycles. The molecule has 1 atom stereocenters. The van der Waals surface area contributed by atoms with Crippen LogP contribution in [0.4, 0.5) is 5.69 Å². The monoisotopic (exact) mass is 560 g/mol. The van der Waals surface area contributed by atoms with Gasteiger partial charge in [-0.2, -0.15) is 0 Å². The van der Waals surface area contributed by atoms with E-state index >= 15 is 0 Å². The molecule has 1 aliphatic heterocycles. The fraction of sp³-hybridized carbons (Fsp3) is 0.269. The molecule has 11 heteroatoms. The molecular formula is C26H26Cl2N4O4S. The number of hydrogen-bond acceptors (Lipinski definition) is 5. The van der Waals surface area contributed by atoms with Gasteiger partial charge >= 0.3 is 0 Å². The first kappa shape index (κ1) is 27.1. The van der Waals surface area contributed by atoms with Crippen LogP contribution in [0.1, 0.15) is 34.3 Å². The van der Waals surface area contributed by atoms with E-state index in [2.05, 4.69) is 15.6 Å². The number of anilines is 1. The fourth-order valence-electron chi connectivity index (χ4n) is 4.16. The maximum absolute atomic E-state index is 13.1. The van der Waals surface area contributed by atoms with Crippen LogP contribution in [0.5, 0.6) is 0 Å². The highest BCUT2D eigenvalue weighted by Crippen LogP contribution is 2.29. The molecule has 2 N–H and O–H groups in total. The van der Waals surface area contributed by atoms with Crippen LogP contribution >= 0.6 is 23.2 Å². The lowest BCUT2D eigenvalue weighted by atomic mass is 9.98. The van der Waals surface area contributed by atoms with E-state index in [1.165, 1.54) is 4.31 Å². The molecular weight excluding hydrogens is 535 g/mol. The number of benzene rings is 2. The van der Waals surface area contributed by atoms with Gasteiger partial charge in [-0.25, -0.2) is 12.7 Å². The van der Waals surface area contributed by atoms with Crippen LogP contribution in [0.3, 0.4) is 0 Å². The Morgan fingerprint density at radius 2 is 1.78 bits per heavy atom. The van der Waals surface area contributed by atoms with E-state index in [1.54, 1.807) is 60.9 Å². The minimum Gasteiger partial charge on any atom is -0.348 e. The second-order valence-corrected chi connectivity index (χ2v) is 11.5. The number of para-hydroxylation sites is 1. The molecule has 8 nitrogen and oxygen atoms in total. The number of rotatable bonds is 8. The first-order valence-corrected chi connectivity index (χ1v) is 14.1. The van der Waals surface area contributed by atoms with E-state index in [4.69, 9.17) is 23.2 Å². The van der Waals surface area contributed by atoms with Crippen molar-refractivity contribution in [3.63, 3.8) is 0 Å². The van der Waals surface area contributed by atoms with Crippen LogP contribution in [0.25, 0.3) is 0 Å². The Bertz CT molecular complexity index is 1370. The second-order valence-electron chi connectivity index (χ2n) is 8.73. The summed E-state index contributed by atoms with van der Waals surface area (Å²) in [6.45, 7) is 0.632. The Morgan fingerprint density at radius 1 is 1.03 bits per heavy atom. The van der Waals surface area contributed by atoms with Crippen LogP contribution in [0.15, 0.2) is 67.0 Å². The van der Waals surface area contributed by atoms with Crippen LogP contribution in [-0.2, 0) is 27.1 Å². The molecule has 2 aromatic carbocycles. The van der Waals surface area contributed by atoms with Crippen molar-refractivity contribution < 1.29 is 18.0 Å². The van der Waals surface area contributed by atoms with Crippen molar-refractivity contribution in [1.29, 1.82) is 0 Å². The van der Waals surface area contributed by atoms with Gasteiger partial charge < -0.3 is 10.6 Å². The van der Waals surface area contributed by atoms with Gasteiger partial charge in [0, 0.05) is 47.6 Å². The molecule has 1 fully saturated rings. The zero-order valence-corrected chi connectivity index (χ0v) is 22.2. The van der Waals surface area contributed by atoms with E-state index in [9.17, 15) is 18.0 Å². The van der Waals surface area contributed by atoms with E-state index < -0.39 is 15.9 Å². The van der Waals surface area contributed by atoms with Crippen molar-refractivity contribution in [3.8, 4) is 0 Å². The topological polar surface area (TPSA) is 108 Å². The third-order valence-corrected chi connectivity index (χ3v) is 8.62. The van der Waals surface area contributed by atoms with Crippen molar-refractivity contribution in [2.45, 2.75) is 25.1 Å². The number of piperidine rings is 1. The highest BCUT2D eigenvalue weighted by molar-refractivity contribution is 7.88. The van der Waals surface area contributed by atoms with Gasteiger partial charge in [-0.3, -0.25) is 14.6 Å². The highest BCUT2D eigenvalue weighted by Gasteiger charge is 2.33. The molecule has 0 aliphatic carbocycles. The van der Waals surface area contributed by atoms with Gasteiger partial charge in [0.2, 0.25) is 15.9 Å². The van der Waals surface area contributed by atoms with Crippen LogP contribution in [0, 0.1) is 5.92 Å². The average molecular weight is 561 g/mol. The lowest BCUT2D eigenvalue weighted by Gasteiger charge is -2.31. The second kappa shape index (κ2) is 12.0. The SMILES string of the molecule is O=C(NCc1cccnc1)c1ccccc1NC(=O)[C@H]1CCCN(S(=O)(=O)Cc2c(Cl)cccc2Cl)C1. The standard InChI is InChI=1S/C26H26Cl2N4O4S/c27-22-9-3-10-23(28)21(22)17-37(35,36)32-13-5-7-19(16-32)25(33)31-24-11-2-1-8-20(24)26(34)30-15-18-6-4-12-29-14-18/h1-4,6,8-12,14,19H,5,7,13,15-17H2,(H,30,34)(H,31,33)/t19-/m0/s1. The summed E-state index contributed by atoms with van der Waals surface area (Å²) in [4.78, 5) is 30.0. The number of halogens is 2. The van der Waals surface area contributed by atoms with Gasteiger partial charge in [-0.15, -0.1) is 0 Å². The summed E-state index contributed by atoms with van der Waals surface area (Å²) in [7, 11) is -3.76. The summed E-state index contributed by atoms with van der Waals surface area (Å²) in [5, 5.41) is 6.21. The Balaban J connectivity index is 1.42. The molecule has 2 heterocycles. The third-order valence-electron chi connectivity index (χ3n) is 6.14. The number of carbonyl (C=O) groups excluding carboxylic acids is 2. The van der Waals surface area contributed by atoms with Crippen molar-refractivity contribution in [1.82, 2.24) is 14.6 Å². The molecule has 0 radical (unpaired) electrons. The molecule has 0 spiro atoms. The van der Waals surface area contributed by atoms with Gasteiger partial charge in [0.25, 0.3) is 5.91 Å². The molecule has 2 amide bonds. The van der Waals surface area contributed by atoms with Crippen molar-refractivity contribution in [3.05, 3.63) is 93.7 Å². The van der Waals surface area contributed by atoms with Gasteiger partial charge in [0.05, 0.1) is 22.9 Å². The molecule has 0 unspecified atom stereocenters. The van der Waals surface area contributed by atoms with Crippen LogP contribution < -0.4 is 10.6 Å². The van der Waals surface area contributed by atoms with Crippen LogP contribution in [-0.4, -0.2) is 42.6 Å². The minimum atomic E-state index is -3.76. The van der Waals surface area contributed by atoms with Gasteiger partial charge in [0.15, 0.2) is 0 Å². The lowest BCUT2D eigenvalue weighted by molar-refractivity contribution is -0.120. The first-order valence-electron chi connectivity index (χ1n) is 11.7. The van der Waals surface area contributed by atoms with Crippen molar-refractivity contribution >= 4 is 50.7 Å². The van der Waals surface area contributed by atoms with Gasteiger partial charge in [0.1, 0.15) is 0 Å². The average Bonchev–Trinajstić information content (AvgIpc) is 2.90. The van der Waals surface area contributed by atoms with Gasteiger partial charge in [-0.05, 0) is 48.7 Å². The Labute approximate surface area is 226 Å². The largest absolute Gasteiger partial charge is 0.348 e. The first-order chi connectivity index (χ1) is 17.7. The molecule has 0 bridgehead atoms.